The molecule has 5 aliphatic rings. The number of hydrogen-bond donors (Lipinski definition) is 1. The molecule has 0 aliphatic heterocycles. The summed E-state index contributed by atoms with van der Waals surface area (Å²) in [6.45, 7) is 23.5. The van der Waals surface area contributed by atoms with E-state index in [1.807, 2.05) is 13.8 Å². The monoisotopic (exact) mass is 598 g/mol. The molecular formula is C38H62O5. The van der Waals surface area contributed by atoms with E-state index < -0.39 is 5.41 Å². The Bertz CT molecular complexity index is 1120. The van der Waals surface area contributed by atoms with Gasteiger partial charge < -0.3 is 14.6 Å². The summed E-state index contributed by atoms with van der Waals surface area (Å²) in [5.74, 6) is 2.44. The van der Waals surface area contributed by atoms with E-state index >= 15 is 0 Å². The minimum absolute atomic E-state index is 0.0907. The zero-order chi connectivity index (χ0) is 31.8. The van der Waals surface area contributed by atoms with Gasteiger partial charge in [0.05, 0.1) is 20.0 Å². The molecule has 0 saturated heterocycles. The molecule has 0 radical (unpaired) electrons. The van der Waals surface area contributed by atoms with Gasteiger partial charge in [0.2, 0.25) is 0 Å². The summed E-state index contributed by atoms with van der Waals surface area (Å²) in [6.07, 6.45) is 12.0. The molecule has 43 heavy (non-hydrogen) atoms. The predicted octanol–water partition coefficient (Wildman–Crippen LogP) is 8.53. The Kier molecular flexibility index (Phi) is 8.35. The molecular weight excluding hydrogens is 536 g/mol. The maximum Gasteiger partial charge on any atom is 0.306 e. The van der Waals surface area contributed by atoms with Gasteiger partial charge in [-0.3, -0.25) is 9.59 Å². The molecule has 5 saturated carbocycles. The fraction of sp³-hybridized carbons (Fsp3) is 0.895. The van der Waals surface area contributed by atoms with Crippen LogP contribution < -0.4 is 0 Å². The van der Waals surface area contributed by atoms with E-state index in [2.05, 4.69) is 48.1 Å². The number of hydrogen-bond acceptors (Lipinski definition) is 5. The average molecular weight is 599 g/mol. The lowest BCUT2D eigenvalue weighted by Crippen LogP contribution is -2.67. The van der Waals surface area contributed by atoms with Crippen molar-refractivity contribution in [3.05, 3.63) is 12.2 Å². The second-order valence-electron chi connectivity index (χ2n) is 18.1. The minimum Gasteiger partial charge on any atom is -0.469 e. The van der Waals surface area contributed by atoms with Crippen LogP contribution in [0, 0.1) is 62.1 Å². The summed E-state index contributed by atoms with van der Waals surface area (Å²) in [4.78, 5) is 25.1. The van der Waals surface area contributed by atoms with Crippen LogP contribution in [0.15, 0.2) is 12.2 Å². The highest BCUT2D eigenvalue weighted by Crippen LogP contribution is 2.77. The molecule has 0 bridgehead atoms. The van der Waals surface area contributed by atoms with Crippen molar-refractivity contribution in [2.45, 2.75) is 139 Å². The van der Waals surface area contributed by atoms with Gasteiger partial charge in [-0.1, -0.05) is 60.6 Å². The zero-order valence-corrected chi connectivity index (χ0v) is 28.9. The highest BCUT2D eigenvalue weighted by Gasteiger charge is 2.71. The molecule has 0 aromatic heterocycles. The molecule has 244 valence electrons. The number of allylic oxidation sites excluding steroid dienone is 1. The van der Waals surface area contributed by atoms with Crippen molar-refractivity contribution in [1.29, 1.82) is 0 Å². The number of carbonyl (C=O) groups is 2. The highest BCUT2D eigenvalue weighted by molar-refractivity contribution is 5.74. The first kappa shape index (κ1) is 33.0. The number of ether oxygens (including phenoxy) is 2. The first-order valence-corrected chi connectivity index (χ1v) is 17.4. The molecule has 0 heterocycles. The lowest BCUT2D eigenvalue weighted by Gasteiger charge is -2.73. The normalized spacial score (nSPS) is 45.2. The lowest BCUT2D eigenvalue weighted by molar-refractivity contribution is -0.251. The third kappa shape index (κ3) is 4.96. The van der Waals surface area contributed by atoms with E-state index in [4.69, 9.17) is 9.47 Å². The first-order chi connectivity index (χ1) is 19.9. The number of carbonyl (C=O) groups excluding carboxylic acids is 2. The van der Waals surface area contributed by atoms with Gasteiger partial charge in [-0.25, -0.2) is 0 Å². The number of aliphatic hydroxyl groups is 1. The Morgan fingerprint density at radius 3 is 2.14 bits per heavy atom. The maximum absolute atomic E-state index is 13.2. The topological polar surface area (TPSA) is 72.8 Å². The predicted molar refractivity (Wildman–Crippen MR) is 171 cm³/mol. The van der Waals surface area contributed by atoms with Crippen molar-refractivity contribution in [2.24, 2.45) is 62.1 Å². The Morgan fingerprint density at radius 2 is 1.51 bits per heavy atom. The molecule has 0 spiro atoms. The maximum atomic E-state index is 13.2. The number of esters is 2. The summed E-state index contributed by atoms with van der Waals surface area (Å²) in [5.41, 5.74) is 1.57. The molecule has 0 amide bonds. The summed E-state index contributed by atoms with van der Waals surface area (Å²) in [6, 6.07) is 0. The van der Waals surface area contributed by atoms with Gasteiger partial charge in [0.25, 0.3) is 0 Å². The molecule has 0 aromatic rings. The third-order valence-corrected chi connectivity index (χ3v) is 15.2. The van der Waals surface area contributed by atoms with Crippen molar-refractivity contribution >= 4 is 11.9 Å². The van der Waals surface area contributed by atoms with Crippen LogP contribution in [0.4, 0.5) is 0 Å². The standard InChI is InChI=1S/C38H62O5/c1-24(2)25-13-18-38(23-39)20-19-36(8)26(32(25)38)11-12-28-35(7)16-15-29(34(5,6)27(35)14-17-37(28,36)9)43-31(41)22-33(3,4)21-30(40)42-10/h25-29,32,39H,1,11-23H2,2-10H3/t25?,26?,27?,28?,29-,32?,35-,36+,37+,38+/m0/s1. The van der Waals surface area contributed by atoms with Gasteiger partial charge in [0.1, 0.15) is 6.10 Å². The second-order valence-corrected chi connectivity index (χ2v) is 18.1. The molecule has 5 unspecified atom stereocenters. The van der Waals surface area contributed by atoms with Crippen LogP contribution in [0.2, 0.25) is 0 Å². The van der Waals surface area contributed by atoms with E-state index in [0.717, 1.165) is 25.7 Å². The lowest BCUT2D eigenvalue weighted by atomic mass is 9.32. The van der Waals surface area contributed by atoms with E-state index in [1.165, 1.54) is 51.2 Å². The molecule has 5 fully saturated rings. The van der Waals surface area contributed by atoms with Gasteiger partial charge in [0.15, 0.2) is 0 Å². The number of aliphatic hydroxyl groups excluding tert-OH is 1. The van der Waals surface area contributed by atoms with Crippen LogP contribution in [0.25, 0.3) is 0 Å². The van der Waals surface area contributed by atoms with E-state index in [9.17, 15) is 14.7 Å². The van der Waals surface area contributed by atoms with Gasteiger partial charge in [-0.05, 0) is 128 Å². The molecule has 5 nitrogen and oxygen atoms in total. The zero-order valence-electron chi connectivity index (χ0n) is 28.9. The van der Waals surface area contributed by atoms with Crippen LogP contribution in [-0.4, -0.2) is 36.9 Å². The SMILES string of the molecule is C=C(C)C1CC[C@]2(CO)CC[C@]3(C)C(CCC4[C@@]5(C)CC[C@H](OC(=O)CC(C)(C)CC(=O)OC)C(C)(C)C5CC[C@]43C)C12. The van der Waals surface area contributed by atoms with Gasteiger partial charge in [-0.15, -0.1) is 0 Å². The Hall–Kier alpha value is -1.36. The molecule has 5 heteroatoms. The number of fused-ring (bicyclic) bond motifs is 7. The van der Waals surface area contributed by atoms with E-state index in [-0.39, 0.29) is 58.0 Å². The third-order valence-electron chi connectivity index (χ3n) is 15.2. The van der Waals surface area contributed by atoms with Crippen LogP contribution in [0.1, 0.15) is 132 Å². The Labute approximate surface area is 262 Å². The number of rotatable bonds is 7. The highest BCUT2D eigenvalue weighted by atomic mass is 16.5. The minimum atomic E-state index is -0.492. The molecule has 5 rings (SSSR count). The molecule has 10 atom stereocenters. The van der Waals surface area contributed by atoms with Crippen LogP contribution >= 0.6 is 0 Å². The second kappa shape index (κ2) is 10.9. The van der Waals surface area contributed by atoms with Crippen molar-refractivity contribution < 1.29 is 24.2 Å². The first-order valence-electron chi connectivity index (χ1n) is 17.4. The summed E-state index contributed by atoms with van der Waals surface area (Å²) in [5, 5.41) is 10.8. The molecule has 0 aromatic carbocycles. The average Bonchev–Trinajstić information content (AvgIpc) is 3.30. The van der Waals surface area contributed by atoms with Gasteiger partial charge in [0, 0.05) is 12.0 Å². The van der Waals surface area contributed by atoms with Crippen LogP contribution in [-0.2, 0) is 19.1 Å². The van der Waals surface area contributed by atoms with Crippen molar-refractivity contribution in [2.75, 3.05) is 13.7 Å². The Balaban J connectivity index is 1.37. The van der Waals surface area contributed by atoms with Gasteiger partial charge >= 0.3 is 11.9 Å². The summed E-state index contributed by atoms with van der Waals surface area (Å²) < 4.78 is 11.2. The number of methoxy groups -OCH3 is 1. The van der Waals surface area contributed by atoms with E-state index in [1.54, 1.807) is 0 Å². The van der Waals surface area contributed by atoms with Crippen molar-refractivity contribution in [3.8, 4) is 0 Å². The van der Waals surface area contributed by atoms with Gasteiger partial charge in [-0.2, -0.15) is 0 Å². The largest absolute Gasteiger partial charge is 0.469 e. The quantitative estimate of drug-likeness (QED) is 0.235. The molecule has 1 N–H and O–H groups in total. The van der Waals surface area contributed by atoms with E-state index in [0.29, 0.717) is 36.2 Å². The summed E-state index contributed by atoms with van der Waals surface area (Å²) >= 11 is 0. The Morgan fingerprint density at radius 1 is 0.837 bits per heavy atom. The van der Waals surface area contributed by atoms with Crippen LogP contribution in [0.5, 0.6) is 0 Å². The van der Waals surface area contributed by atoms with Crippen molar-refractivity contribution in [3.63, 3.8) is 0 Å². The summed E-state index contributed by atoms with van der Waals surface area (Å²) in [7, 11) is 1.39. The fourth-order valence-electron chi connectivity index (χ4n) is 12.9. The molecule has 5 aliphatic carbocycles. The van der Waals surface area contributed by atoms with Crippen molar-refractivity contribution in [1.82, 2.24) is 0 Å². The smallest absolute Gasteiger partial charge is 0.306 e. The fourth-order valence-corrected chi connectivity index (χ4v) is 12.9. The van der Waals surface area contributed by atoms with Crippen LogP contribution in [0.3, 0.4) is 0 Å².